The molecule has 1 N–H and O–H groups in total. The number of aryl methyl sites for hydroxylation is 1. The van der Waals surface area contributed by atoms with Crippen LogP contribution in [0.4, 0.5) is 0 Å². The van der Waals surface area contributed by atoms with Crippen molar-refractivity contribution in [3.8, 4) is 28.5 Å². The summed E-state index contributed by atoms with van der Waals surface area (Å²) in [6.07, 6.45) is 5.18. The topological polar surface area (TPSA) is 65.5 Å². The number of aromatic nitrogens is 2. The minimum Gasteiger partial charge on any atom is -0.493 e. The van der Waals surface area contributed by atoms with Gasteiger partial charge in [0.05, 0.1) is 12.8 Å². The molecule has 0 saturated carbocycles. The maximum atomic E-state index is 6.18. The maximum Gasteiger partial charge on any atom is 0.234 e. The first-order chi connectivity index (χ1) is 16.3. The number of rotatable bonds is 10. The first kappa shape index (κ1) is 28.7. The highest BCUT2D eigenvalue weighted by atomic mass is 35.5. The minimum atomic E-state index is 0. The van der Waals surface area contributed by atoms with Crippen molar-refractivity contribution < 1.29 is 14.2 Å². The van der Waals surface area contributed by atoms with Gasteiger partial charge in [0, 0.05) is 11.6 Å². The molecule has 0 radical (unpaired) electrons. The molecule has 2 aromatic carbocycles. The van der Waals surface area contributed by atoms with Gasteiger partial charge >= 0.3 is 0 Å². The molecule has 0 bridgehead atoms. The van der Waals surface area contributed by atoms with Gasteiger partial charge < -0.3 is 19.5 Å². The van der Waals surface area contributed by atoms with Crippen molar-refractivity contribution in [1.29, 1.82) is 0 Å². The smallest absolute Gasteiger partial charge is 0.234 e. The molecule has 1 aromatic heterocycles. The minimum absolute atomic E-state index is 0. The Morgan fingerprint density at radius 1 is 0.943 bits per heavy atom. The number of piperidine rings is 1. The van der Waals surface area contributed by atoms with Gasteiger partial charge in [0.2, 0.25) is 5.88 Å². The number of methoxy groups -OCH3 is 1. The Bertz CT molecular complexity index is 1030. The predicted molar refractivity (Wildman–Crippen MR) is 144 cm³/mol. The average molecular weight is 521 g/mol. The SMILES string of the molecule is CCCCc1nnc(OC2CCNCC2)cc1-c1ccc(OCc2ccccc2)c(OC)c1.Cl.Cl. The van der Waals surface area contributed by atoms with Gasteiger partial charge in [-0.05, 0) is 62.0 Å². The van der Waals surface area contributed by atoms with Crippen molar-refractivity contribution in [2.75, 3.05) is 20.2 Å². The summed E-state index contributed by atoms with van der Waals surface area (Å²) in [6.45, 7) is 4.62. The van der Waals surface area contributed by atoms with E-state index < -0.39 is 0 Å². The third-order valence-electron chi connectivity index (χ3n) is 5.90. The summed E-state index contributed by atoms with van der Waals surface area (Å²) in [7, 11) is 1.67. The molecule has 1 saturated heterocycles. The Hall–Kier alpha value is -2.54. The number of hydrogen-bond donors (Lipinski definition) is 1. The van der Waals surface area contributed by atoms with E-state index in [9.17, 15) is 0 Å². The zero-order valence-electron chi connectivity index (χ0n) is 20.4. The maximum absolute atomic E-state index is 6.18. The second-order valence-corrected chi connectivity index (χ2v) is 8.35. The highest BCUT2D eigenvalue weighted by molar-refractivity contribution is 5.85. The molecule has 0 aliphatic carbocycles. The Morgan fingerprint density at radius 3 is 2.43 bits per heavy atom. The van der Waals surface area contributed by atoms with E-state index in [4.69, 9.17) is 14.2 Å². The van der Waals surface area contributed by atoms with E-state index in [2.05, 4.69) is 28.5 Å². The molecule has 2 heterocycles. The van der Waals surface area contributed by atoms with E-state index >= 15 is 0 Å². The van der Waals surface area contributed by atoms with Gasteiger partial charge in [-0.2, -0.15) is 5.10 Å². The summed E-state index contributed by atoms with van der Waals surface area (Å²) in [4.78, 5) is 0. The molecular weight excluding hydrogens is 485 g/mol. The van der Waals surface area contributed by atoms with E-state index in [1.54, 1.807) is 7.11 Å². The molecule has 6 nitrogen and oxygen atoms in total. The molecule has 8 heteroatoms. The van der Waals surface area contributed by atoms with E-state index in [0.29, 0.717) is 24.0 Å². The Kier molecular flexibility index (Phi) is 12.1. The fourth-order valence-electron chi connectivity index (χ4n) is 4.01. The molecule has 3 aromatic rings. The molecule has 4 rings (SSSR count). The van der Waals surface area contributed by atoms with Crippen LogP contribution in [0.15, 0.2) is 54.6 Å². The highest BCUT2D eigenvalue weighted by Crippen LogP contribution is 2.35. The van der Waals surface area contributed by atoms with E-state index in [-0.39, 0.29) is 30.9 Å². The van der Waals surface area contributed by atoms with Crippen LogP contribution in [0.5, 0.6) is 17.4 Å². The fourth-order valence-corrected chi connectivity index (χ4v) is 4.01. The Labute approximate surface area is 220 Å². The molecule has 0 amide bonds. The molecule has 1 fully saturated rings. The monoisotopic (exact) mass is 519 g/mol. The van der Waals surface area contributed by atoms with Gasteiger partial charge in [-0.25, -0.2) is 0 Å². The Morgan fingerprint density at radius 2 is 1.71 bits per heavy atom. The van der Waals surface area contributed by atoms with Crippen LogP contribution in [0.1, 0.15) is 43.9 Å². The molecule has 0 atom stereocenters. The lowest BCUT2D eigenvalue weighted by atomic mass is 10.0. The van der Waals surface area contributed by atoms with Crippen molar-refractivity contribution in [3.63, 3.8) is 0 Å². The van der Waals surface area contributed by atoms with E-state index in [1.165, 1.54) is 0 Å². The van der Waals surface area contributed by atoms with Gasteiger partial charge in [-0.15, -0.1) is 29.9 Å². The van der Waals surface area contributed by atoms with Crippen LogP contribution in [0.3, 0.4) is 0 Å². The van der Waals surface area contributed by atoms with Crippen LogP contribution in [0.2, 0.25) is 0 Å². The zero-order valence-corrected chi connectivity index (χ0v) is 22.0. The number of halogens is 2. The summed E-state index contributed by atoms with van der Waals surface area (Å²) in [5, 5.41) is 12.3. The zero-order chi connectivity index (χ0) is 22.9. The number of ether oxygens (including phenoxy) is 3. The van der Waals surface area contributed by atoms with Crippen molar-refractivity contribution in [2.45, 2.75) is 51.7 Å². The summed E-state index contributed by atoms with van der Waals surface area (Å²) >= 11 is 0. The van der Waals surface area contributed by atoms with Crippen LogP contribution in [0, 0.1) is 0 Å². The number of hydrogen-bond acceptors (Lipinski definition) is 6. The normalized spacial score (nSPS) is 13.3. The molecular formula is C27H35Cl2N3O3. The van der Waals surface area contributed by atoms with Gasteiger partial charge in [0.1, 0.15) is 12.7 Å². The van der Waals surface area contributed by atoms with Gasteiger partial charge in [-0.3, -0.25) is 0 Å². The van der Waals surface area contributed by atoms with Crippen molar-refractivity contribution >= 4 is 24.8 Å². The summed E-state index contributed by atoms with van der Waals surface area (Å²) in [5.74, 6) is 2.00. The number of unbranched alkanes of at least 4 members (excludes halogenated alkanes) is 1. The largest absolute Gasteiger partial charge is 0.493 e. The summed E-state index contributed by atoms with van der Waals surface area (Å²) in [5.41, 5.74) is 4.16. The van der Waals surface area contributed by atoms with Crippen molar-refractivity contribution in [2.24, 2.45) is 0 Å². The number of nitrogens with one attached hydrogen (secondary N) is 1. The van der Waals surface area contributed by atoms with Crippen LogP contribution in [0.25, 0.3) is 11.1 Å². The lowest BCUT2D eigenvalue weighted by Gasteiger charge is -2.23. The lowest BCUT2D eigenvalue weighted by molar-refractivity contribution is 0.154. The molecule has 1 aliphatic rings. The molecule has 0 unspecified atom stereocenters. The third-order valence-corrected chi connectivity index (χ3v) is 5.90. The molecule has 35 heavy (non-hydrogen) atoms. The molecule has 190 valence electrons. The first-order valence-electron chi connectivity index (χ1n) is 11.9. The standard InChI is InChI=1S/C27H33N3O3.2ClH/c1-3-4-10-24-23(18-27(30-29-24)33-22-13-15-28-16-14-22)21-11-12-25(26(17-21)31-2)32-19-20-8-6-5-7-9-20;;/h5-9,11-12,17-18,22,28H,3-4,10,13-16,19H2,1-2H3;2*1H. The molecule has 1 aliphatic heterocycles. The van der Waals surface area contributed by atoms with Crippen LogP contribution >= 0.6 is 24.8 Å². The van der Waals surface area contributed by atoms with E-state index in [0.717, 1.165) is 67.6 Å². The van der Waals surface area contributed by atoms with Crippen LogP contribution in [-0.2, 0) is 13.0 Å². The summed E-state index contributed by atoms with van der Waals surface area (Å²) < 4.78 is 17.9. The average Bonchev–Trinajstić information content (AvgIpc) is 2.88. The quantitative estimate of drug-likeness (QED) is 0.351. The van der Waals surface area contributed by atoms with Crippen molar-refractivity contribution in [3.05, 3.63) is 65.9 Å². The molecule has 0 spiro atoms. The fraction of sp³-hybridized carbons (Fsp3) is 0.407. The third kappa shape index (κ3) is 7.99. The van der Waals surface area contributed by atoms with E-state index in [1.807, 2.05) is 48.5 Å². The van der Waals surface area contributed by atoms with Gasteiger partial charge in [-0.1, -0.05) is 49.7 Å². The first-order valence-corrected chi connectivity index (χ1v) is 11.9. The van der Waals surface area contributed by atoms with Gasteiger partial charge in [0.15, 0.2) is 11.5 Å². The summed E-state index contributed by atoms with van der Waals surface area (Å²) in [6, 6.07) is 18.2. The number of nitrogens with zero attached hydrogens (tertiary/aromatic N) is 2. The lowest BCUT2D eigenvalue weighted by Crippen LogP contribution is -2.34. The van der Waals surface area contributed by atoms with Crippen LogP contribution < -0.4 is 19.5 Å². The Balaban J connectivity index is 0.00000216. The predicted octanol–water partition coefficient (Wildman–Crippen LogP) is 6.05. The second-order valence-electron chi connectivity index (χ2n) is 8.35. The van der Waals surface area contributed by atoms with Crippen LogP contribution in [-0.4, -0.2) is 36.5 Å². The van der Waals surface area contributed by atoms with Crippen molar-refractivity contribution in [1.82, 2.24) is 15.5 Å². The number of benzene rings is 2. The highest BCUT2D eigenvalue weighted by Gasteiger charge is 2.18. The van der Waals surface area contributed by atoms with Gasteiger partial charge in [0.25, 0.3) is 0 Å². The second kappa shape index (κ2) is 14.8.